The fourth-order valence-electron chi connectivity index (χ4n) is 0.947. The Morgan fingerprint density at radius 2 is 1.73 bits per heavy atom. The van der Waals surface area contributed by atoms with Crippen molar-refractivity contribution in [3.05, 3.63) is 6.08 Å². The second-order valence-corrected chi connectivity index (χ2v) is 2.60. The summed E-state index contributed by atoms with van der Waals surface area (Å²) >= 11 is 0. The molecule has 0 saturated carbocycles. The zero-order valence-electron chi connectivity index (χ0n) is 6.88. The molecule has 0 aliphatic carbocycles. The number of aliphatic hydroxyl groups is 1. The van der Waals surface area contributed by atoms with Crippen LogP contribution in [0.4, 0.5) is 0 Å². The Morgan fingerprint density at radius 3 is 2.36 bits per heavy atom. The monoisotopic (exact) mass is 156 g/mol. The van der Waals surface area contributed by atoms with Gasteiger partial charge in [-0.3, -0.25) is 0 Å². The molecule has 11 heavy (non-hydrogen) atoms. The third kappa shape index (κ3) is 9.41. The lowest BCUT2D eigenvalue weighted by molar-refractivity contribution is 0.282. The summed E-state index contributed by atoms with van der Waals surface area (Å²) in [6.07, 6.45) is 7.77. The highest BCUT2D eigenvalue weighted by Gasteiger charge is 1.87. The highest BCUT2D eigenvalue weighted by molar-refractivity contribution is 5.44. The highest BCUT2D eigenvalue weighted by Crippen LogP contribution is 2.04. The van der Waals surface area contributed by atoms with E-state index in [1.807, 2.05) is 0 Å². The van der Waals surface area contributed by atoms with E-state index in [2.05, 4.69) is 0 Å². The SMILES string of the molecule is O=C=CCCCCCCCO. The lowest BCUT2D eigenvalue weighted by atomic mass is 10.1. The minimum Gasteiger partial charge on any atom is -0.396 e. The van der Waals surface area contributed by atoms with Gasteiger partial charge in [0.2, 0.25) is 0 Å². The van der Waals surface area contributed by atoms with Gasteiger partial charge >= 0.3 is 0 Å². The van der Waals surface area contributed by atoms with E-state index in [0.717, 1.165) is 38.5 Å². The third-order valence-corrected chi connectivity index (χ3v) is 1.59. The van der Waals surface area contributed by atoms with Crippen LogP contribution in [0.1, 0.15) is 38.5 Å². The molecule has 0 aliphatic heterocycles. The Kier molecular flexibility index (Phi) is 8.91. The summed E-state index contributed by atoms with van der Waals surface area (Å²) in [5, 5.41) is 8.45. The topological polar surface area (TPSA) is 37.3 Å². The molecule has 0 spiro atoms. The summed E-state index contributed by atoms with van der Waals surface area (Å²) in [6, 6.07) is 0. The molecule has 0 aromatic carbocycles. The van der Waals surface area contributed by atoms with Gasteiger partial charge in [-0.1, -0.05) is 19.3 Å². The number of hydrogen-bond acceptors (Lipinski definition) is 2. The standard InChI is InChI=1S/C9H16O2/c10-8-6-4-2-1-3-5-7-9-11/h6,11H,1-5,7,9H2. The van der Waals surface area contributed by atoms with Crippen LogP contribution in [0, 0.1) is 0 Å². The maximum atomic E-state index is 9.73. The molecule has 0 saturated heterocycles. The van der Waals surface area contributed by atoms with Gasteiger partial charge in [0.15, 0.2) is 0 Å². The fourth-order valence-corrected chi connectivity index (χ4v) is 0.947. The molecule has 0 atom stereocenters. The van der Waals surface area contributed by atoms with E-state index < -0.39 is 0 Å². The molecule has 2 nitrogen and oxygen atoms in total. The predicted octanol–water partition coefficient (Wildman–Crippen LogP) is 1.71. The minimum atomic E-state index is 0.300. The normalized spacial score (nSPS) is 9.18. The van der Waals surface area contributed by atoms with Crippen LogP contribution in [-0.2, 0) is 4.79 Å². The van der Waals surface area contributed by atoms with Gasteiger partial charge in [0.25, 0.3) is 0 Å². The van der Waals surface area contributed by atoms with E-state index in [0.29, 0.717) is 6.61 Å². The molecule has 0 aromatic rings. The summed E-state index contributed by atoms with van der Waals surface area (Å²) in [5.41, 5.74) is 0. The summed E-state index contributed by atoms with van der Waals surface area (Å²) < 4.78 is 0. The number of rotatable bonds is 7. The molecule has 64 valence electrons. The van der Waals surface area contributed by atoms with Crippen molar-refractivity contribution in [2.24, 2.45) is 0 Å². The van der Waals surface area contributed by atoms with Crippen molar-refractivity contribution in [2.45, 2.75) is 38.5 Å². The Morgan fingerprint density at radius 1 is 1.09 bits per heavy atom. The summed E-state index contributed by atoms with van der Waals surface area (Å²) in [7, 11) is 0. The van der Waals surface area contributed by atoms with E-state index in [1.165, 1.54) is 6.08 Å². The van der Waals surface area contributed by atoms with Crippen LogP contribution in [0.2, 0.25) is 0 Å². The van der Waals surface area contributed by atoms with Gasteiger partial charge in [-0.05, 0) is 25.3 Å². The number of carbonyl (C=O) groups excluding carboxylic acids is 1. The van der Waals surface area contributed by atoms with Crippen molar-refractivity contribution in [3.63, 3.8) is 0 Å². The smallest absolute Gasteiger partial charge is 0.120 e. The molecule has 2 heteroatoms. The van der Waals surface area contributed by atoms with Crippen LogP contribution < -0.4 is 0 Å². The average Bonchev–Trinajstić information content (AvgIpc) is 2.03. The second-order valence-electron chi connectivity index (χ2n) is 2.60. The predicted molar refractivity (Wildman–Crippen MR) is 45.1 cm³/mol. The number of unbranched alkanes of at least 4 members (excludes halogenated alkanes) is 5. The Labute approximate surface area is 67.9 Å². The Hall–Kier alpha value is -0.590. The molecule has 0 aliphatic rings. The summed E-state index contributed by atoms with van der Waals surface area (Å²) in [6.45, 7) is 0.300. The summed E-state index contributed by atoms with van der Waals surface area (Å²) in [5.74, 6) is 1.75. The van der Waals surface area contributed by atoms with Gasteiger partial charge in [0.05, 0.1) is 0 Å². The van der Waals surface area contributed by atoms with Crippen LogP contribution in [0.25, 0.3) is 0 Å². The maximum Gasteiger partial charge on any atom is 0.120 e. The first-order valence-electron chi connectivity index (χ1n) is 4.22. The maximum absolute atomic E-state index is 9.73. The first kappa shape index (κ1) is 10.4. The molecular formula is C9H16O2. The Balaban J connectivity index is 2.84. The molecule has 0 rings (SSSR count). The van der Waals surface area contributed by atoms with Crippen molar-refractivity contribution in [3.8, 4) is 0 Å². The summed E-state index contributed by atoms with van der Waals surface area (Å²) in [4.78, 5) is 9.73. The van der Waals surface area contributed by atoms with Gasteiger partial charge in [-0.25, -0.2) is 4.79 Å². The lowest BCUT2D eigenvalue weighted by Gasteiger charge is -1.95. The van der Waals surface area contributed by atoms with Gasteiger partial charge in [-0.15, -0.1) is 0 Å². The van der Waals surface area contributed by atoms with Crippen molar-refractivity contribution < 1.29 is 9.90 Å². The van der Waals surface area contributed by atoms with E-state index >= 15 is 0 Å². The molecule has 0 unspecified atom stereocenters. The van der Waals surface area contributed by atoms with Crippen LogP contribution in [-0.4, -0.2) is 17.7 Å². The van der Waals surface area contributed by atoms with Gasteiger partial charge < -0.3 is 5.11 Å². The first-order chi connectivity index (χ1) is 5.41. The van der Waals surface area contributed by atoms with Gasteiger partial charge in [0.1, 0.15) is 5.94 Å². The van der Waals surface area contributed by atoms with Crippen molar-refractivity contribution in [1.29, 1.82) is 0 Å². The van der Waals surface area contributed by atoms with E-state index in [9.17, 15) is 4.79 Å². The molecule has 0 amide bonds. The second kappa shape index (κ2) is 9.41. The number of hydrogen-bond donors (Lipinski definition) is 1. The van der Waals surface area contributed by atoms with Gasteiger partial charge in [0, 0.05) is 6.61 Å². The van der Waals surface area contributed by atoms with E-state index in [-0.39, 0.29) is 0 Å². The number of allylic oxidation sites excluding steroid dienone is 1. The zero-order chi connectivity index (χ0) is 8.36. The van der Waals surface area contributed by atoms with Crippen LogP contribution in [0.5, 0.6) is 0 Å². The van der Waals surface area contributed by atoms with Crippen LogP contribution in [0.15, 0.2) is 6.08 Å². The molecule has 0 fully saturated rings. The van der Waals surface area contributed by atoms with Crippen LogP contribution in [0.3, 0.4) is 0 Å². The largest absolute Gasteiger partial charge is 0.396 e. The van der Waals surface area contributed by atoms with Crippen LogP contribution >= 0.6 is 0 Å². The first-order valence-corrected chi connectivity index (χ1v) is 4.22. The molecule has 0 heterocycles. The van der Waals surface area contributed by atoms with Crippen molar-refractivity contribution in [1.82, 2.24) is 0 Å². The van der Waals surface area contributed by atoms with Gasteiger partial charge in [-0.2, -0.15) is 0 Å². The molecular weight excluding hydrogens is 140 g/mol. The Bertz CT molecular complexity index is 115. The molecule has 0 bridgehead atoms. The minimum absolute atomic E-state index is 0.300. The average molecular weight is 156 g/mol. The lowest BCUT2D eigenvalue weighted by Crippen LogP contribution is -1.83. The zero-order valence-corrected chi connectivity index (χ0v) is 6.88. The van der Waals surface area contributed by atoms with E-state index in [1.54, 1.807) is 5.94 Å². The third-order valence-electron chi connectivity index (χ3n) is 1.59. The fraction of sp³-hybridized carbons (Fsp3) is 0.778. The van der Waals surface area contributed by atoms with E-state index in [4.69, 9.17) is 5.11 Å². The molecule has 1 N–H and O–H groups in total. The van der Waals surface area contributed by atoms with Crippen molar-refractivity contribution >= 4 is 5.94 Å². The highest BCUT2D eigenvalue weighted by atomic mass is 16.2. The molecule has 0 aromatic heterocycles. The number of aliphatic hydroxyl groups excluding tert-OH is 1. The quantitative estimate of drug-likeness (QED) is 0.450. The van der Waals surface area contributed by atoms with Crippen molar-refractivity contribution in [2.75, 3.05) is 6.61 Å². The molecule has 0 radical (unpaired) electrons.